The van der Waals surface area contributed by atoms with E-state index in [1.165, 1.54) is 17.3 Å². The Morgan fingerprint density at radius 2 is 1.83 bits per heavy atom. The van der Waals surface area contributed by atoms with Gasteiger partial charge in [0.05, 0.1) is 9.92 Å². The Morgan fingerprint density at radius 1 is 1.08 bits per heavy atom. The fourth-order valence-electron chi connectivity index (χ4n) is 5.90. The molecule has 11 heteroatoms. The number of imidazole rings is 1. The summed E-state index contributed by atoms with van der Waals surface area (Å²) in [6, 6.07) is 11.6. The van der Waals surface area contributed by atoms with Crippen molar-refractivity contribution in [1.29, 1.82) is 0 Å². The molecular formula is C25H26ClN7O2S. The van der Waals surface area contributed by atoms with Crippen LogP contribution in [0.25, 0.3) is 16.8 Å². The van der Waals surface area contributed by atoms with Crippen LogP contribution < -0.4 is 21.5 Å². The van der Waals surface area contributed by atoms with Crippen LogP contribution in [-0.2, 0) is 16.4 Å². The molecule has 36 heavy (non-hydrogen) atoms. The van der Waals surface area contributed by atoms with Gasteiger partial charge < -0.3 is 16.4 Å². The molecule has 6 N–H and O–H groups in total. The summed E-state index contributed by atoms with van der Waals surface area (Å²) >= 11 is 6.44. The molecule has 3 aromatic heterocycles. The minimum atomic E-state index is -4.13. The molecule has 1 fully saturated rings. The number of pyridine rings is 2. The Labute approximate surface area is 213 Å². The number of rotatable bonds is 3. The van der Waals surface area contributed by atoms with Crippen LogP contribution in [0.4, 0.5) is 11.6 Å². The summed E-state index contributed by atoms with van der Waals surface area (Å²) in [5.74, 6) is 0.797. The third-order valence-corrected chi connectivity index (χ3v) is 9.12. The van der Waals surface area contributed by atoms with Gasteiger partial charge in [-0.25, -0.2) is 23.5 Å². The van der Waals surface area contributed by atoms with Crippen LogP contribution in [-0.4, -0.2) is 35.9 Å². The zero-order chi connectivity index (χ0) is 25.2. The van der Waals surface area contributed by atoms with Crippen LogP contribution in [0.3, 0.4) is 0 Å². The Balaban J connectivity index is 1.43. The molecule has 1 saturated heterocycles. The number of piperidine rings is 1. The number of anilines is 2. The first-order chi connectivity index (χ1) is 17.2. The predicted molar refractivity (Wildman–Crippen MR) is 140 cm³/mol. The molecule has 0 saturated carbocycles. The number of nitrogen functional groups attached to an aromatic ring is 1. The number of primary sulfonamides is 1. The summed E-state index contributed by atoms with van der Waals surface area (Å²) < 4.78 is 27.5. The molecular weight excluding hydrogens is 498 g/mol. The van der Waals surface area contributed by atoms with Crippen molar-refractivity contribution in [1.82, 2.24) is 14.4 Å². The summed E-state index contributed by atoms with van der Waals surface area (Å²) in [5.41, 5.74) is 16.3. The summed E-state index contributed by atoms with van der Waals surface area (Å²) in [6.45, 7) is 1.45. The van der Waals surface area contributed by atoms with E-state index < -0.39 is 10.0 Å². The Kier molecular flexibility index (Phi) is 5.27. The summed E-state index contributed by atoms with van der Waals surface area (Å²) in [7, 11) is -4.13. The molecule has 1 aromatic carbocycles. The standard InChI is InChI=1S/C25H26ClN7O2S/c26-21-17(5-8-30-23(21)28)20-18(36(29,34)35)13-19(33-12-9-31-24(20)33)32-10-6-25(7-11-32)14-15-3-1-2-4-16(15)22(25)27/h1-5,8-9,12-13,22H,6-7,10-11,14,27H2,(H2,28,30)(H2,29,34,35)/t22-/m1/s1. The number of fused-ring (bicyclic) bond motifs is 2. The van der Waals surface area contributed by atoms with Gasteiger partial charge in [-0.15, -0.1) is 0 Å². The molecule has 1 atom stereocenters. The number of nitrogens with two attached hydrogens (primary N) is 3. The van der Waals surface area contributed by atoms with Gasteiger partial charge in [0.15, 0.2) is 0 Å². The maximum Gasteiger partial charge on any atom is 0.238 e. The van der Waals surface area contributed by atoms with Crippen molar-refractivity contribution in [3.63, 3.8) is 0 Å². The van der Waals surface area contributed by atoms with Crippen molar-refractivity contribution < 1.29 is 8.42 Å². The lowest BCUT2D eigenvalue weighted by molar-refractivity contribution is 0.187. The van der Waals surface area contributed by atoms with Gasteiger partial charge in [0.2, 0.25) is 10.0 Å². The third kappa shape index (κ3) is 3.47. The van der Waals surface area contributed by atoms with Crippen LogP contribution in [0, 0.1) is 5.41 Å². The molecule has 9 nitrogen and oxygen atoms in total. The van der Waals surface area contributed by atoms with Crippen molar-refractivity contribution >= 4 is 38.9 Å². The summed E-state index contributed by atoms with van der Waals surface area (Å²) in [6.07, 6.45) is 7.64. The molecule has 1 spiro atoms. The fourth-order valence-corrected chi connectivity index (χ4v) is 6.87. The third-order valence-electron chi connectivity index (χ3n) is 7.79. The van der Waals surface area contributed by atoms with Crippen LogP contribution in [0.15, 0.2) is 59.9 Å². The summed E-state index contributed by atoms with van der Waals surface area (Å²) in [5, 5.41) is 5.86. The van der Waals surface area contributed by atoms with Gasteiger partial charge in [0.1, 0.15) is 17.3 Å². The molecule has 0 radical (unpaired) electrons. The van der Waals surface area contributed by atoms with Crippen LogP contribution in [0.1, 0.15) is 30.0 Å². The summed E-state index contributed by atoms with van der Waals surface area (Å²) in [4.78, 5) is 10.6. The van der Waals surface area contributed by atoms with Gasteiger partial charge in [-0.05, 0) is 41.9 Å². The monoisotopic (exact) mass is 523 g/mol. The topological polar surface area (TPSA) is 146 Å². The van der Waals surface area contributed by atoms with Gasteiger partial charge >= 0.3 is 0 Å². The molecule has 1 aliphatic carbocycles. The first-order valence-electron chi connectivity index (χ1n) is 11.7. The van der Waals surface area contributed by atoms with Crippen molar-refractivity contribution in [3.8, 4) is 11.1 Å². The number of hydrogen-bond acceptors (Lipinski definition) is 7. The molecule has 4 heterocycles. The van der Waals surface area contributed by atoms with Crippen LogP contribution in [0.5, 0.6) is 0 Å². The van der Waals surface area contributed by atoms with E-state index in [1.807, 2.05) is 10.5 Å². The molecule has 0 amide bonds. The normalized spacial score (nSPS) is 19.2. The number of hydrogen-bond donors (Lipinski definition) is 3. The van der Waals surface area contributed by atoms with Crippen LogP contribution >= 0.6 is 11.6 Å². The minimum Gasteiger partial charge on any atom is -0.382 e. The van der Waals surface area contributed by atoms with E-state index in [0.29, 0.717) is 22.6 Å². The smallest absolute Gasteiger partial charge is 0.238 e. The van der Waals surface area contributed by atoms with E-state index in [4.69, 9.17) is 28.2 Å². The van der Waals surface area contributed by atoms with Gasteiger partial charge in [-0.1, -0.05) is 35.9 Å². The van der Waals surface area contributed by atoms with Crippen molar-refractivity contribution in [3.05, 3.63) is 71.1 Å². The van der Waals surface area contributed by atoms with Gasteiger partial charge in [0.25, 0.3) is 0 Å². The molecule has 0 bridgehead atoms. The number of halogens is 1. The quantitative estimate of drug-likeness (QED) is 0.374. The van der Waals surface area contributed by atoms with E-state index in [2.05, 4.69) is 33.1 Å². The van der Waals surface area contributed by atoms with E-state index >= 15 is 0 Å². The highest BCUT2D eigenvalue weighted by Crippen LogP contribution is 2.51. The van der Waals surface area contributed by atoms with Gasteiger partial charge in [-0.3, -0.25) is 4.40 Å². The molecule has 186 valence electrons. The van der Waals surface area contributed by atoms with Crippen molar-refractivity contribution in [2.45, 2.75) is 30.2 Å². The van der Waals surface area contributed by atoms with Crippen molar-refractivity contribution in [2.75, 3.05) is 23.7 Å². The zero-order valence-electron chi connectivity index (χ0n) is 19.4. The van der Waals surface area contributed by atoms with Crippen LogP contribution in [0.2, 0.25) is 5.02 Å². The maximum atomic E-state index is 12.8. The highest BCUT2D eigenvalue weighted by Gasteiger charge is 2.46. The fraction of sp³-hybridized carbons (Fsp3) is 0.280. The predicted octanol–water partition coefficient (Wildman–Crippen LogP) is 3.12. The number of benzene rings is 1. The highest BCUT2D eigenvalue weighted by atomic mass is 35.5. The number of sulfonamides is 1. The minimum absolute atomic E-state index is 0.000947. The molecule has 1 aliphatic heterocycles. The van der Waals surface area contributed by atoms with Gasteiger partial charge in [-0.2, -0.15) is 0 Å². The Bertz CT molecular complexity index is 1610. The number of nitrogens with zero attached hydrogens (tertiary/aromatic N) is 4. The van der Waals surface area contributed by atoms with E-state index in [-0.39, 0.29) is 27.2 Å². The molecule has 4 aromatic rings. The van der Waals surface area contributed by atoms with E-state index in [1.54, 1.807) is 24.5 Å². The molecule has 6 rings (SSSR count). The second-order valence-electron chi connectivity index (χ2n) is 9.67. The average Bonchev–Trinajstić information content (AvgIpc) is 3.44. The Hall–Kier alpha value is -3.18. The van der Waals surface area contributed by atoms with Gasteiger partial charge in [0, 0.05) is 54.9 Å². The lowest BCUT2D eigenvalue weighted by atomic mass is 9.73. The Morgan fingerprint density at radius 3 is 2.56 bits per heavy atom. The lowest BCUT2D eigenvalue weighted by Gasteiger charge is -2.43. The first-order valence-corrected chi connectivity index (χ1v) is 13.6. The largest absolute Gasteiger partial charge is 0.382 e. The highest BCUT2D eigenvalue weighted by molar-refractivity contribution is 7.89. The maximum absolute atomic E-state index is 12.8. The SMILES string of the molecule is Nc1nccc(-c2c(S(N)(=O)=O)cc(N3CCC4(CC3)Cc3ccccc3[C@H]4N)n3ccnc23)c1Cl. The average molecular weight is 524 g/mol. The molecule has 0 unspecified atom stereocenters. The second-order valence-corrected chi connectivity index (χ2v) is 11.6. The number of aromatic nitrogens is 3. The first kappa shape index (κ1) is 23.2. The van der Waals surface area contributed by atoms with E-state index in [0.717, 1.165) is 32.4 Å². The zero-order valence-corrected chi connectivity index (χ0v) is 21.0. The van der Waals surface area contributed by atoms with E-state index in [9.17, 15) is 8.42 Å². The second kappa shape index (κ2) is 8.17. The molecule has 2 aliphatic rings. The lowest BCUT2D eigenvalue weighted by Crippen LogP contribution is -2.45. The van der Waals surface area contributed by atoms with Crippen molar-refractivity contribution in [2.24, 2.45) is 16.3 Å².